The van der Waals surface area contributed by atoms with Crippen LogP contribution in [-0.4, -0.2) is 68.8 Å². The second kappa shape index (κ2) is 14.7. The first-order chi connectivity index (χ1) is 19.3. The average Bonchev–Trinajstić information content (AvgIpc) is 2.94. The molecular formula is C31H46N4O4S. The van der Waals surface area contributed by atoms with Crippen LogP contribution in [0.5, 0.6) is 11.5 Å². The van der Waals surface area contributed by atoms with Gasteiger partial charge in [0.2, 0.25) is 10.0 Å². The van der Waals surface area contributed by atoms with Crippen molar-refractivity contribution in [1.29, 1.82) is 0 Å². The zero-order valence-electron chi connectivity index (χ0n) is 24.1. The number of rotatable bonds is 12. The number of nitrogens with one attached hydrogen (secondary N) is 2. The lowest BCUT2D eigenvalue weighted by Crippen LogP contribution is -2.52. The van der Waals surface area contributed by atoms with Gasteiger partial charge in [-0.3, -0.25) is 4.72 Å². The van der Waals surface area contributed by atoms with E-state index in [4.69, 9.17) is 4.74 Å². The number of carbonyl (C=O) groups is 1. The molecular weight excluding hydrogens is 524 g/mol. The summed E-state index contributed by atoms with van der Waals surface area (Å²) in [5.41, 5.74) is 1.76. The molecule has 0 bridgehead atoms. The summed E-state index contributed by atoms with van der Waals surface area (Å²) >= 11 is 0. The fraction of sp³-hybridized carbons (Fsp3) is 0.581. The summed E-state index contributed by atoms with van der Waals surface area (Å²) < 4.78 is 31.1. The number of anilines is 1. The van der Waals surface area contributed by atoms with E-state index in [1.807, 2.05) is 12.1 Å². The van der Waals surface area contributed by atoms with Crippen LogP contribution in [0.4, 0.5) is 10.5 Å². The molecule has 1 aliphatic carbocycles. The van der Waals surface area contributed by atoms with Crippen LogP contribution in [0.1, 0.15) is 70.3 Å². The Morgan fingerprint density at radius 3 is 2.17 bits per heavy atom. The molecule has 2 amide bonds. The highest BCUT2D eigenvalue weighted by atomic mass is 32.2. The van der Waals surface area contributed by atoms with Gasteiger partial charge < -0.3 is 19.9 Å². The number of amides is 2. The lowest BCUT2D eigenvalue weighted by atomic mass is 9.94. The number of nitrogens with zero attached hydrogens (tertiary/aromatic N) is 2. The summed E-state index contributed by atoms with van der Waals surface area (Å²) in [5.74, 6) is 1.39. The van der Waals surface area contributed by atoms with Crippen molar-refractivity contribution in [2.24, 2.45) is 0 Å². The Morgan fingerprint density at radius 2 is 1.57 bits per heavy atom. The van der Waals surface area contributed by atoms with E-state index >= 15 is 0 Å². The maximum atomic E-state index is 13.2. The Kier molecular flexibility index (Phi) is 11.1. The zero-order chi connectivity index (χ0) is 28.4. The minimum absolute atomic E-state index is 0.155. The van der Waals surface area contributed by atoms with Gasteiger partial charge in [-0.25, -0.2) is 13.2 Å². The monoisotopic (exact) mass is 570 g/mol. The molecule has 1 saturated carbocycles. The first-order valence-electron chi connectivity index (χ1n) is 14.9. The van der Waals surface area contributed by atoms with Crippen LogP contribution in [-0.2, 0) is 16.4 Å². The van der Waals surface area contributed by atoms with Crippen LogP contribution in [0.15, 0.2) is 48.5 Å². The molecule has 40 heavy (non-hydrogen) atoms. The Labute approximate surface area is 240 Å². The lowest BCUT2D eigenvalue weighted by Gasteiger charge is -2.37. The van der Waals surface area contributed by atoms with Crippen molar-refractivity contribution < 1.29 is 17.9 Å². The van der Waals surface area contributed by atoms with E-state index in [2.05, 4.69) is 38.9 Å². The van der Waals surface area contributed by atoms with Gasteiger partial charge in [0.25, 0.3) is 0 Å². The summed E-state index contributed by atoms with van der Waals surface area (Å²) in [6, 6.07) is 15.8. The number of sulfonamides is 1. The molecule has 220 valence electrons. The number of hydrogen-bond acceptors (Lipinski definition) is 5. The van der Waals surface area contributed by atoms with Gasteiger partial charge in [-0.1, -0.05) is 44.7 Å². The van der Waals surface area contributed by atoms with Crippen LogP contribution in [0.2, 0.25) is 0 Å². The number of urea groups is 1. The number of unbranched alkanes of at least 4 members (excludes halogenated alkanes) is 1. The van der Waals surface area contributed by atoms with Crippen molar-refractivity contribution in [2.45, 2.75) is 83.2 Å². The van der Waals surface area contributed by atoms with Gasteiger partial charge in [0, 0.05) is 44.0 Å². The smallest absolute Gasteiger partial charge is 0.317 e. The number of hydrogen-bond donors (Lipinski definition) is 2. The SMILES string of the molecule is CCCCN(C(=O)NC1CCN(CCc2ccc(Oc3ccc(NS(C)(=O)=O)cc3)cc2)CC1)C1CCCCC1. The van der Waals surface area contributed by atoms with Gasteiger partial charge in [-0.2, -0.15) is 0 Å². The largest absolute Gasteiger partial charge is 0.457 e. The molecule has 1 saturated heterocycles. The maximum absolute atomic E-state index is 13.2. The second-order valence-corrected chi connectivity index (χ2v) is 13.0. The average molecular weight is 571 g/mol. The topological polar surface area (TPSA) is 91.0 Å². The van der Waals surface area contributed by atoms with Crippen molar-refractivity contribution in [3.05, 3.63) is 54.1 Å². The van der Waals surface area contributed by atoms with Gasteiger partial charge in [0.15, 0.2) is 0 Å². The van der Waals surface area contributed by atoms with E-state index in [1.54, 1.807) is 24.3 Å². The molecule has 2 aliphatic rings. The van der Waals surface area contributed by atoms with Crippen LogP contribution in [0.25, 0.3) is 0 Å². The third kappa shape index (κ3) is 9.70. The van der Waals surface area contributed by atoms with Gasteiger partial charge >= 0.3 is 6.03 Å². The van der Waals surface area contributed by atoms with Crippen LogP contribution < -0.4 is 14.8 Å². The van der Waals surface area contributed by atoms with Gasteiger partial charge in [0.1, 0.15) is 11.5 Å². The third-order valence-corrected chi connectivity index (χ3v) is 8.58. The zero-order valence-corrected chi connectivity index (χ0v) is 24.9. The summed E-state index contributed by atoms with van der Waals surface area (Å²) in [6.45, 7) is 6.09. The van der Waals surface area contributed by atoms with E-state index in [1.165, 1.54) is 24.8 Å². The number of ether oxygens (including phenoxy) is 1. The molecule has 2 aromatic rings. The van der Waals surface area contributed by atoms with Crippen molar-refractivity contribution in [3.63, 3.8) is 0 Å². The standard InChI is InChI=1S/C31H46N4O4S/c1-3-4-21-35(28-8-6-5-7-9-28)31(36)32-26-19-23-34(24-20-26)22-18-25-10-14-29(15-11-25)39-30-16-12-27(13-17-30)33-40(2,37)38/h10-17,26,28,33H,3-9,18-24H2,1-2H3,(H,32,36). The van der Waals surface area contributed by atoms with Crippen molar-refractivity contribution in [1.82, 2.24) is 15.1 Å². The van der Waals surface area contributed by atoms with E-state index < -0.39 is 10.0 Å². The fourth-order valence-electron chi connectivity index (χ4n) is 5.68. The van der Waals surface area contributed by atoms with E-state index in [9.17, 15) is 13.2 Å². The Balaban J connectivity index is 1.18. The second-order valence-electron chi connectivity index (χ2n) is 11.3. The van der Waals surface area contributed by atoms with E-state index in [-0.39, 0.29) is 12.1 Å². The predicted molar refractivity (Wildman–Crippen MR) is 162 cm³/mol. The summed E-state index contributed by atoms with van der Waals surface area (Å²) in [4.78, 5) is 17.8. The molecule has 2 aromatic carbocycles. The number of benzene rings is 2. The highest BCUT2D eigenvalue weighted by Crippen LogP contribution is 2.25. The minimum Gasteiger partial charge on any atom is -0.457 e. The maximum Gasteiger partial charge on any atom is 0.317 e. The molecule has 0 aromatic heterocycles. The van der Waals surface area contributed by atoms with Gasteiger partial charge in [-0.15, -0.1) is 0 Å². The van der Waals surface area contributed by atoms with Crippen molar-refractivity contribution in [3.8, 4) is 11.5 Å². The van der Waals surface area contributed by atoms with Crippen LogP contribution in [0, 0.1) is 0 Å². The third-order valence-electron chi connectivity index (χ3n) is 7.98. The Hall–Kier alpha value is -2.78. The first kappa shape index (κ1) is 30.2. The lowest BCUT2D eigenvalue weighted by molar-refractivity contribution is 0.142. The molecule has 1 heterocycles. The summed E-state index contributed by atoms with van der Waals surface area (Å²) in [5, 5.41) is 3.37. The molecule has 0 spiro atoms. The van der Waals surface area contributed by atoms with E-state index in [0.29, 0.717) is 17.5 Å². The Morgan fingerprint density at radius 1 is 0.950 bits per heavy atom. The minimum atomic E-state index is -3.30. The summed E-state index contributed by atoms with van der Waals surface area (Å²) in [7, 11) is -3.30. The van der Waals surface area contributed by atoms with Crippen molar-refractivity contribution in [2.75, 3.05) is 37.2 Å². The molecule has 2 N–H and O–H groups in total. The molecule has 4 rings (SSSR count). The Bertz CT molecular complexity index is 1160. The number of likely N-dealkylation sites (tertiary alicyclic amines) is 1. The summed E-state index contributed by atoms with van der Waals surface area (Å²) in [6.07, 6.45) is 12.4. The van der Waals surface area contributed by atoms with E-state index in [0.717, 1.165) is 83.1 Å². The highest BCUT2D eigenvalue weighted by molar-refractivity contribution is 7.92. The molecule has 0 atom stereocenters. The fourth-order valence-corrected chi connectivity index (χ4v) is 6.25. The van der Waals surface area contributed by atoms with Gasteiger partial charge in [-0.05, 0) is 80.5 Å². The number of piperidine rings is 1. The molecule has 0 unspecified atom stereocenters. The number of carbonyl (C=O) groups excluding carboxylic acids is 1. The predicted octanol–water partition coefficient (Wildman–Crippen LogP) is 6.00. The normalized spacial score (nSPS) is 17.4. The van der Waals surface area contributed by atoms with Crippen LogP contribution in [0.3, 0.4) is 0 Å². The first-order valence-corrected chi connectivity index (χ1v) is 16.8. The molecule has 9 heteroatoms. The van der Waals surface area contributed by atoms with Crippen molar-refractivity contribution >= 4 is 21.7 Å². The highest BCUT2D eigenvalue weighted by Gasteiger charge is 2.28. The molecule has 1 aliphatic heterocycles. The molecule has 0 radical (unpaired) electrons. The van der Waals surface area contributed by atoms with Crippen LogP contribution >= 0.6 is 0 Å². The van der Waals surface area contributed by atoms with Gasteiger partial charge in [0.05, 0.1) is 6.26 Å². The molecule has 8 nitrogen and oxygen atoms in total. The quantitative estimate of drug-likeness (QED) is 0.327. The molecule has 2 fully saturated rings.